The Morgan fingerprint density at radius 3 is 2.13 bits per heavy atom. The molecule has 0 aromatic heterocycles. The number of ether oxygens (including phenoxy) is 5. The highest BCUT2D eigenvalue weighted by atomic mass is 16.6. The Morgan fingerprint density at radius 1 is 1.00 bits per heavy atom. The molecule has 0 amide bonds. The molecule has 1 N–H and O–H groups in total. The van der Waals surface area contributed by atoms with Crippen LogP contribution in [0, 0.1) is 16.7 Å². The van der Waals surface area contributed by atoms with Crippen LogP contribution >= 0.6 is 0 Å². The monoisotopic (exact) mass is 546 g/mol. The molecule has 5 fully saturated rings. The van der Waals surface area contributed by atoms with E-state index < -0.39 is 51.8 Å². The highest BCUT2D eigenvalue weighted by Gasteiger charge is 2.82. The summed E-state index contributed by atoms with van der Waals surface area (Å²) in [4.78, 5) is 39.1. The number of esters is 3. The van der Waals surface area contributed by atoms with E-state index in [-0.39, 0.29) is 31.5 Å². The van der Waals surface area contributed by atoms with E-state index in [4.69, 9.17) is 23.7 Å². The Hall–Kier alpha value is -2.23. The summed E-state index contributed by atoms with van der Waals surface area (Å²) in [7, 11) is 0. The maximum Gasteiger partial charge on any atom is 0.333 e. The van der Waals surface area contributed by atoms with Gasteiger partial charge in [-0.25, -0.2) is 9.59 Å². The largest absolute Gasteiger partial charge is 0.463 e. The first-order valence-corrected chi connectivity index (χ1v) is 14.2. The molecule has 39 heavy (non-hydrogen) atoms. The highest BCUT2D eigenvalue weighted by Crippen LogP contribution is 2.72. The van der Waals surface area contributed by atoms with E-state index in [1.165, 1.54) is 0 Å². The van der Waals surface area contributed by atoms with Crippen molar-refractivity contribution in [3.8, 4) is 0 Å². The van der Waals surface area contributed by atoms with Gasteiger partial charge in [-0.05, 0) is 66.2 Å². The second kappa shape index (κ2) is 9.42. The number of aliphatic hydroxyl groups excluding tert-OH is 1. The minimum atomic E-state index is -1.16. The lowest BCUT2D eigenvalue weighted by Gasteiger charge is -2.70. The van der Waals surface area contributed by atoms with Gasteiger partial charge < -0.3 is 28.8 Å². The fourth-order valence-electron chi connectivity index (χ4n) is 8.20. The lowest BCUT2D eigenvalue weighted by atomic mass is 9.40. The SMILES string of the molecule is C/C=C(\C)C(=O)O[C@@H]1[C@H](OC(=O)/C(C)=C/C)[C@]2(CO)[C@H](CCC[C@]23CO3)[C@@]2(C)CC[C@]3(COC(=O)C3)O[C@@]12C. The predicted octanol–water partition coefficient (Wildman–Crippen LogP) is 3.56. The molecule has 0 radical (unpaired) electrons. The van der Waals surface area contributed by atoms with E-state index in [0.29, 0.717) is 30.6 Å². The van der Waals surface area contributed by atoms with Gasteiger partial charge in [0.25, 0.3) is 0 Å². The molecule has 5 aliphatic rings. The first-order valence-electron chi connectivity index (χ1n) is 14.2. The third-order valence-corrected chi connectivity index (χ3v) is 11.0. The summed E-state index contributed by atoms with van der Waals surface area (Å²) in [5, 5.41) is 11.3. The molecule has 9 nitrogen and oxygen atoms in total. The van der Waals surface area contributed by atoms with E-state index in [1.54, 1.807) is 39.8 Å². The number of hydrogen-bond donors (Lipinski definition) is 1. The molecule has 9 heteroatoms. The van der Waals surface area contributed by atoms with Crippen molar-refractivity contribution in [2.24, 2.45) is 16.7 Å². The van der Waals surface area contributed by atoms with Crippen LogP contribution in [0.5, 0.6) is 0 Å². The number of allylic oxidation sites excluding steroid dienone is 2. The third kappa shape index (κ3) is 3.86. The van der Waals surface area contributed by atoms with Crippen LogP contribution < -0.4 is 0 Å². The third-order valence-electron chi connectivity index (χ3n) is 11.0. The van der Waals surface area contributed by atoms with Crippen molar-refractivity contribution in [2.45, 2.75) is 109 Å². The van der Waals surface area contributed by atoms with Crippen molar-refractivity contribution >= 4 is 17.9 Å². The van der Waals surface area contributed by atoms with Crippen LogP contribution in [0.1, 0.15) is 80.1 Å². The fraction of sp³-hybridized carbons (Fsp3) is 0.767. The summed E-state index contributed by atoms with van der Waals surface area (Å²) in [6.45, 7) is 11.2. The van der Waals surface area contributed by atoms with Crippen molar-refractivity contribution in [3.63, 3.8) is 0 Å². The van der Waals surface area contributed by atoms with Gasteiger partial charge in [0, 0.05) is 16.6 Å². The number of carbonyl (C=O) groups is 3. The van der Waals surface area contributed by atoms with Gasteiger partial charge >= 0.3 is 17.9 Å². The molecule has 216 valence electrons. The zero-order valence-electron chi connectivity index (χ0n) is 24.0. The van der Waals surface area contributed by atoms with Crippen molar-refractivity contribution in [1.82, 2.24) is 0 Å². The summed E-state index contributed by atoms with van der Waals surface area (Å²) in [6, 6.07) is 0. The molecule has 0 unspecified atom stereocenters. The van der Waals surface area contributed by atoms with Gasteiger partial charge in [-0.1, -0.05) is 25.5 Å². The number of epoxide rings is 1. The van der Waals surface area contributed by atoms with E-state index in [0.717, 1.165) is 19.3 Å². The number of carbonyl (C=O) groups excluding carboxylic acids is 3. The lowest BCUT2D eigenvalue weighted by Crippen LogP contribution is -2.80. The maximum atomic E-state index is 13.4. The number of aliphatic hydroxyl groups is 1. The van der Waals surface area contributed by atoms with Crippen LogP contribution in [0.15, 0.2) is 23.3 Å². The lowest BCUT2D eigenvalue weighted by molar-refractivity contribution is -0.360. The standard InChI is InChI=1S/C30H42O9/c1-7-18(3)24(33)37-22-23(38-25(34)19(4)8-2)30(15-31)20(10-9-11-29(30)17-36-29)26(5)12-13-28(39-27(22,26)6)14-21(32)35-16-28/h7-8,20,22-23,31H,9-17H2,1-6H3/b18-7+,19-8+/t20-,22-,23+,26-,27+,28+,29+,30+/m1/s1. The van der Waals surface area contributed by atoms with E-state index in [9.17, 15) is 19.5 Å². The number of cyclic esters (lactones) is 1. The van der Waals surface area contributed by atoms with Crippen LogP contribution in [0.25, 0.3) is 0 Å². The van der Waals surface area contributed by atoms with Crippen LogP contribution in [0.3, 0.4) is 0 Å². The maximum absolute atomic E-state index is 13.4. The Labute approximate surface area is 230 Å². The Balaban J connectivity index is 1.72. The van der Waals surface area contributed by atoms with Gasteiger partial charge in [-0.3, -0.25) is 4.79 Å². The van der Waals surface area contributed by atoms with E-state index >= 15 is 0 Å². The molecule has 2 saturated carbocycles. The molecular formula is C30H42O9. The molecule has 2 spiro atoms. The highest BCUT2D eigenvalue weighted by molar-refractivity contribution is 5.89. The summed E-state index contributed by atoms with van der Waals surface area (Å²) >= 11 is 0. The quantitative estimate of drug-likeness (QED) is 0.239. The van der Waals surface area contributed by atoms with Crippen molar-refractivity contribution in [2.75, 3.05) is 19.8 Å². The van der Waals surface area contributed by atoms with Crippen LogP contribution in [0.4, 0.5) is 0 Å². The molecule has 5 rings (SSSR count). The van der Waals surface area contributed by atoms with E-state index in [1.807, 2.05) is 6.92 Å². The topological polar surface area (TPSA) is 121 Å². The normalized spacial score (nSPS) is 45.4. The number of fused-ring (bicyclic) bond motifs is 4. The summed E-state index contributed by atoms with van der Waals surface area (Å²) in [5.41, 5.74) is -3.50. The zero-order valence-corrected chi connectivity index (χ0v) is 24.0. The zero-order chi connectivity index (χ0) is 28.4. The second-order valence-electron chi connectivity index (χ2n) is 12.7. The molecule has 8 atom stereocenters. The molecule has 0 aromatic carbocycles. The average Bonchev–Trinajstić information content (AvgIpc) is 3.61. The molecular weight excluding hydrogens is 504 g/mol. The van der Waals surface area contributed by atoms with Crippen LogP contribution in [-0.4, -0.2) is 71.8 Å². The first-order chi connectivity index (χ1) is 18.4. The van der Waals surface area contributed by atoms with E-state index in [2.05, 4.69) is 6.92 Å². The van der Waals surface area contributed by atoms with Gasteiger partial charge in [0.05, 0.1) is 25.0 Å². The molecule has 3 aliphatic heterocycles. The van der Waals surface area contributed by atoms with Gasteiger partial charge in [0.15, 0.2) is 12.2 Å². The Bertz CT molecular complexity index is 1120. The van der Waals surface area contributed by atoms with Gasteiger partial charge in [0.2, 0.25) is 0 Å². The van der Waals surface area contributed by atoms with Crippen molar-refractivity contribution in [1.29, 1.82) is 0 Å². The van der Waals surface area contributed by atoms with Crippen molar-refractivity contribution < 1.29 is 43.2 Å². The van der Waals surface area contributed by atoms with Crippen molar-refractivity contribution in [3.05, 3.63) is 23.3 Å². The van der Waals surface area contributed by atoms with Crippen LogP contribution in [0.2, 0.25) is 0 Å². The smallest absolute Gasteiger partial charge is 0.333 e. The summed E-state index contributed by atoms with van der Waals surface area (Å²) in [6.07, 6.45) is 4.96. The number of rotatable bonds is 5. The fourth-order valence-corrected chi connectivity index (χ4v) is 8.20. The minimum Gasteiger partial charge on any atom is -0.463 e. The Morgan fingerprint density at radius 2 is 1.62 bits per heavy atom. The molecule has 2 aliphatic carbocycles. The predicted molar refractivity (Wildman–Crippen MR) is 139 cm³/mol. The number of hydrogen-bond acceptors (Lipinski definition) is 9. The molecule has 3 saturated heterocycles. The molecule has 0 bridgehead atoms. The first kappa shape index (κ1) is 28.3. The van der Waals surface area contributed by atoms with Gasteiger partial charge in [0.1, 0.15) is 23.4 Å². The van der Waals surface area contributed by atoms with Gasteiger partial charge in [-0.15, -0.1) is 0 Å². The van der Waals surface area contributed by atoms with Gasteiger partial charge in [-0.2, -0.15) is 0 Å². The summed E-state index contributed by atoms with van der Waals surface area (Å²) in [5.74, 6) is -1.58. The second-order valence-corrected chi connectivity index (χ2v) is 12.7. The molecule has 0 aromatic rings. The summed E-state index contributed by atoms with van der Waals surface area (Å²) < 4.78 is 31.1. The average molecular weight is 547 g/mol. The van der Waals surface area contributed by atoms with Crippen LogP contribution in [-0.2, 0) is 38.1 Å². The molecule has 3 heterocycles. The Kier molecular flexibility index (Phi) is 6.83. The minimum absolute atomic E-state index is 0.109.